The highest BCUT2D eigenvalue weighted by Crippen LogP contribution is 2.44. The van der Waals surface area contributed by atoms with Crippen molar-refractivity contribution in [3.05, 3.63) is 70.2 Å². The molecule has 3 fully saturated rings. The van der Waals surface area contributed by atoms with Gasteiger partial charge in [0.05, 0.1) is 24.8 Å². The fraction of sp³-hybridized carbons (Fsp3) is 0.480. The molecule has 0 radical (unpaired) electrons. The molecule has 3 aliphatic rings. The molecule has 3 heterocycles. The van der Waals surface area contributed by atoms with Crippen molar-refractivity contribution in [2.75, 3.05) is 19.7 Å². The highest BCUT2D eigenvalue weighted by molar-refractivity contribution is 6.31. The number of alkyl halides is 3. The summed E-state index contributed by atoms with van der Waals surface area (Å²) in [7, 11) is 0. The van der Waals surface area contributed by atoms with Gasteiger partial charge in [-0.25, -0.2) is 0 Å². The average Bonchev–Trinajstić information content (AvgIpc) is 3.44. The van der Waals surface area contributed by atoms with E-state index in [0.717, 1.165) is 29.8 Å². The van der Waals surface area contributed by atoms with Crippen LogP contribution in [0.15, 0.2) is 48.5 Å². The van der Waals surface area contributed by atoms with Crippen LogP contribution >= 0.6 is 11.6 Å². The molecule has 0 bridgehead atoms. The molecule has 5 rings (SSSR count). The van der Waals surface area contributed by atoms with Crippen molar-refractivity contribution in [2.24, 2.45) is 0 Å². The first-order chi connectivity index (χ1) is 17.0. The highest BCUT2D eigenvalue weighted by Gasteiger charge is 2.61. The summed E-state index contributed by atoms with van der Waals surface area (Å²) in [5, 5.41) is 6.73. The van der Waals surface area contributed by atoms with Crippen LogP contribution < -0.4 is 10.6 Å². The van der Waals surface area contributed by atoms with Crippen LogP contribution in [0.1, 0.15) is 41.4 Å². The van der Waals surface area contributed by atoms with Gasteiger partial charge in [0, 0.05) is 22.7 Å². The molecule has 0 aromatic heterocycles. The summed E-state index contributed by atoms with van der Waals surface area (Å²) in [5.41, 5.74) is -0.735. The van der Waals surface area contributed by atoms with Crippen molar-refractivity contribution < 1.29 is 36.9 Å². The first kappa shape index (κ1) is 25.4. The van der Waals surface area contributed by atoms with E-state index in [1.807, 2.05) is 24.3 Å². The first-order valence-electron chi connectivity index (χ1n) is 11.6. The Bertz CT molecular complexity index is 1130. The van der Waals surface area contributed by atoms with E-state index in [1.54, 1.807) is 13.8 Å². The maximum absolute atomic E-state index is 12.8. The summed E-state index contributed by atoms with van der Waals surface area (Å²) in [6.07, 6.45) is -5.68. The van der Waals surface area contributed by atoms with Gasteiger partial charge in [-0.1, -0.05) is 29.8 Å². The van der Waals surface area contributed by atoms with Gasteiger partial charge in [0.15, 0.2) is 5.79 Å². The second kappa shape index (κ2) is 9.27. The van der Waals surface area contributed by atoms with E-state index in [1.165, 1.54) is 0 Å². The van der Waals surface area contributed by atoms with Crippen LogP contribution in [0.4, 0.5) is 13.2 Å². The van der Waals surface area contributed by atoms with Crippen molar-refractivity contribution >= 4 is 17.5 Å². The Morgan fingerprint density at radius 1 is 1.14 bits per heavy atom. The van der Waals surface area contributed by atoms with Gasteiger partial charge in [-0.15, -0.1) is 0 Å². The molecule has 3 saturated heterocycles. The lowest BCUT2D eigenvalue weighted by molar-refractivity contribution is -0.188. The van der Waals surface area contributed by atoms with Gasteiger partial charge < -0.3 is 24.3 Å². The van der Waals surface area contributed by atoms with E-state index in [2.05, 4.69) is 10.6 Å². The number of carbonyl (C=O) groups is 1. The second-order valence-corrected chi connectivity index (χ2v) is 10.0. The Morgan fingerprint density at radius 3 is 2.56 bits per heavy atom. The lowest BCUT2D eigenvalue weighted by Gasteiger charge is -2.27. The van der Waals surface area contributed by atoms with E-state index in [-0.39, 0.29) is 37.2 Å². The number of epoxide rings is 1. The normalized spacial score (nSPS) is 30.7. The molecule has 5 atom stereocenters. The Hall–Kier alpha value is -2.21. The van der Waals surface area contributed by atoms with Crippen LogP contribution in [0.25, 0.3) is 0 Å². The molecule has 11 heteroatoms. The molecule has 2 unspecified atom stereocenters. The first-order valence-corrected chi connectivity index (χ1v) is 11.9. The molecule has 2 aromatic rings. The number of halogens is 4. The number of amides is 1. The standard InChI is InChI=1S/C25H26ClF3N2O5/c1-23(2)35-20-18(11-30-22-19(34-22)16-5-3-4-6-17(16)26)33-13-24(20,36-23)12-31-21(32)14-7-9-15(10-8-14)25(27,28)29/h3-10,18-20,22,30H,11-13H2,1-2H3,(H,31,32)/t18-,19?,20-,22?,24+/m1/s1. The number of fused-ring (bicyclic) bond motifs is 1. The average molecular weight is 527 g/mol. The largest absolute Gasteiger partial charge is 0.416 e. The zero-order valence-corrected chi connectivity index (χ0v) is 20.4. The van der Waals surface area contributed by atoms with Crippen molar-refractivity contribution in [3.63, 3.8) is 0 Å². The summed E-state index contributed by atoms with van der Waals surface area (Å²) in [6.45, 7) is 4.24. The van der Waals surface area contributed by atoms with E-state index in [0.29, 0.717) is 11.6 Å². The topological polar surface area (TPSA) is 81.4 Å². The Morgan fingerprint density at radius 2 is 1.86 bits per heavy atom. The molecule has 0 spiro atoms. The maximum Gasteiger partial charge on any atom is 0.416 e. The summed E-state index contributed by atoms with van der Waals surface area (Å²) >= 11 is 6.25. The van der Waals surface area contributed by atoms with Gasteiger partial charge in [-0.3, -0.25) is 10.1 Å². The smallest absolute Gasteiger partial charge is 0.371 e. The zero-order valence-electron chi connectivity index (χ0n) is 19.6. The van der Waals surface area contributed by atoms with Gasteiger partial charge in [0.25, 0.3) is 5.91 Å². The van der Waals surface area contributed by atoms with Gasteiger partial charge in [-0.05, 0) is 44.2 Å². The summed E-state index contributed by atoms with van der Waals surface area (Å²) in [6, 6.07) is 11.5. The van der Waals surface area contributed by atoms with Crippen LogP contribution in [-0.4, -0.2) is 55.4 Å². The molecular weight excluding hydrogens is 501 g/mol. The zero-order chi connectivity index (χ0) is 25.7. The molecule has 7 nitrogen and oxygen atoms in total. The SMILES string of the molecule is CC1(C)O[C@@H]2[C@@H](CNC3OC3c3ccccc3Cl)OC[C@]2(CNC(=O)c2ccc(C(F)(F)F)cc2)O1. The van der Waals surface area contributed by atoms with Gasteiger partial charge >= 0.3 is 6.18 Å². The third-order valence-electron chi connectivity index (χ3n) is 6.50. The van der Waals surface area contributed by atoms with Gasteiger partial charge in [0.1, 0.15) is 24.0 Å². The highest BCUT2D eigenvalue weighted by atomic mass is 35.5. The fourth-order valence-corrected chi connectivity index (χ4v) is 5.03. The number of ether oxygens (including phenoxy) is 4. The number of nitrogens with one attached hydrogen (secondary N) is 2. The van der Waals surface area contributed by atoms with Crippen LogP contribution in [0.3, 0.4) is 0 Å². The third kappa shape index (κ3) is 5.11. The van der Waals surface area contributed by atoms with Crippen molar-refractivity contribution in [1.82, 2.24) is 10.6 Å². The molecule has 1 amide bonds. The minimum atomic E-state index is -4.47. The molecule has 2 N–H and O–H groups in total. The lowest BCUT2D eigenvalue weighted by atomic mass is 9.96. The number of rotatable bonds is 7. The van der Waals surface area contributed by atoms with Crippen LogP contribution in [0.5, 0.6) is 0 Å². The predicted octanol–water partition coefficient (Wildman–Crippen LogP) is 4.06. The molecule has 0 saturated carbocycles. The fourth-order valence-electron chi connectivity index (χ4n) is 4.79. The van der Waals surface area contributed by atoms with Crippen molar-refractivity contribution in [3.8, 4) is 0 Å². The predicted molar refractivity (Wildman–Crippen MR) is 123 cm³/mol. The minimum Gasteiger partial charge on any atom is -0.371 e. The van der Waals surface area contributed by atoms with Gasteiger partial charge in [0.2, 0.25) is 0 Å². The molecule has 3 aliphatic heterocycles. The third-order valence-corrected chi connectivity index (χ3v) is 6.85. The molecule has 194 valence electrons. The quantitative estimate of drug-likeness (QED) is 0.530. The minimum absolute atomic E-state index is 0.0691. The Kier molecular flexibility index (Phi) is 6.55. The van der Waals surface area contributed by atoms with E-state index in [9.17, 15) is 18.0 Å². The second-order valence-electron chi connectivity index (χ2n) is 9.62. The summed E-state index contributed by atoms with van der Waals surface area (Å²) < 4.78 is 62.4. The van der Waals surface area contributed by atoms with Crippen LogP contribution in [0, 0.1) is 0 Å². The number of benzene rings is 2. The molecule has 0 aliphatic carbocycles. The Balaban J connectivity index is 1.20. The monoisotopic (exact) mass is 526 g/mol. The summed E-state index contributed by atoms with van der Waals surface area (Å²) in [4.78, 5) is 12.6. The number of hydrogen-bond donors (Lipinski definition) is 2. The number of carbonyl (C=O) groups excluding carboxylic acids is 1. The van der Waals surface area contributed by atoms with E-state index in [4.69, 9.17) is 30.5 Å². The van der Waals surface area contributed by atoms with E-state index >= 15 is 0 Å². The van der Waals surface area contributed by atoms with Gasteiger partial charge in [-0.2, -0.15) is 13.2 Å². The lowest BCUT2D eigenvalue weighted by Crippen LogP contribution is -2.52. The van der Waals surface area contributed by atoms with Crippen molar-refractivity contribution in [2.45, 2.75) is 56.0 Å². The van der Waals surface area contributed by atoms with Crippen LogP contribution in [0.2, 0.25) is 5.02 Å². The molecule has 2 aromatic carbocycles. The molecule has 36 heavy (non-hydrogen) atoms. The number of hydrogen-bond acceptors (Lipinski definition) is 6. The van der Waals surface area contributed by atoms with Crippen molar-refractivity contribution in [1.29, 1.82) is 0 Å². The summed E-state index contributed by atoms with van der Waals surface area (Å²) in [5.74, 6) is -1.41. The molecular formula is C25H26ClF3N2O5. The maximum atomic E-state index is 12.8. The van der Waals surface area contributed by atoms with E-state index < -0.39 is 35.1 Å². The van der Waals surface area contributed by atoms with Crippen LogP contribution in [-0.2, 0) is 25.1 Å². The Labute approximate surface area is 211 Å².